The van der Waals surface area contributed by atoms with Crippen molar-refractivity contribution in [1.29, 1.82) is 0 Å². The molecule has 2 aromatic rings. The Kier molecular flexibility index (Phi) is 7.46. The average molecular weight is 505 g/mol. The number of aliphatic hydroxyl groups excluding tert-OH is 4. The van der Waals surface area contributed by atoms with Crippen molar-refractivity contribution in [1.82, 2.24) is 4.90 Å². The molecule has 0 radical (unpaired) electrons. The monoisotopic (exact) mass is 504 g/mol. The molecule has 2 aliphatic rings. The van der Waals surface area contributed by atoms with Crippen molar-refractivity contribution in [2.24, 2.45) is 0 Å². The Morgan fingerprint density at radius 3 is 2.31 bits per heavy atom. The van der Waals surface area contributed by atoms with Gasteiger partial charge in [0.15, 0.2) is 0 Å². The third kappa shape index (κ3) is 4.93. The van der Waals surface area contributed by atoms with Gasteiger partial charge in [-0.1, -0.05) is 35.9 Å². The number of halogens is 1. The number of aliphatic hydroxyl groups is 4. The first-order valence-corrected chi connectivity index (χ1v) is 11.8. The van der Waals surface area contributed by atoms with Gasteiger partial charge in [-0.05, 0) is 55.2 Å². The summed E-state index contributed by atoms with van der Waals surface area (Å²) < 4.78 is 5.66. The molecule has 2 saturated heterocycles. The van der Waals surface area contributed by atoms with E-state index < -0.39 is 37.1 Å². The number of hydrogen-bond acceptors (Lipinski definition) is 7. The lowest BCUT2D eigenvalue weighted by Crippen LogP contribution is -2.55. The Morgan fingerprint density at radius 1 is 1.03 bits per heavy atom. The van der Waals surface area contributed by atoms with Gasteiger partial charge >= 0.3 is 6.03 Å². The first-order chi connectivity index (χ1) is 16.6. The molecule has 9 nitrogen and oxygen atoms in total. The number of hydrogen-bond donors (Lipinski definition) is 4. The van der Waals surface area contributed by atoms with Gasteiger partial charge in [-0.2, -0.15) is 0 Å². The SMILES string of the molecule is CC(C)N1C(=O)CN(c2ccc(Cc3cc([C@@H]4O[C@H](CO)[C@@H](O)[C@H](O)[C@H]4O)ccc3Cl)cc2)C1=O. The molecular weight excluding hydrogens is 476 g/mol. The van der Waals surface area contributed by atoms with Gasteiger partial charge in [0, 0.05) is 16.8 Å². The number of carbonyl (C=O) groups is 2. The largest absolute Gasteiger partial charge is 0.394 e. The molecule has 2 aliphatic heterocycles. The lowest BCUT2D eigenvalue weighted by atomic mass is 9.90. The number of benzene rings is 2. The highest BCUT2D eigenvalue weighted by Gasteiger charge is 2.44. The van der Waals surface area contributed by atoms with Crippen LogP contribution < -0.4 is 4.90 Å². The van der Waals surface area contributed by atoms with Gasteiger partial charge in [0.25, 0.3) is 5.91 Å². The van der Waals surface area contributed by atoms with Crippen LogP contribution in [0.25, 0.3) is 0 Å². The average Bonchev–Trinajstić information content (AvgIpc) is 3.13. The van der Waals surface area contributed by atoms with E-state index in [1.807, 2.05) is 12.1 Å². The van der Waals surface area contributed by atoms with Crippen LogP contribution in [0.2, 0.25) is 5.02 Å². The highest BCUT2D eigenvalue weighted by atomic mass is 35.5. The minimum atomic E-state index is -1.47. The number of imide groups is 1. The Labute approximate surface area is 208 Å². The maximum atomic E-state index is 12.6. The fraction of sp³-hybridized carbons (Fsp3) is 0.440. The molecule has 0 unspecified atom stereocenters. The Balaban J connectivity index is 1.52. The number of rotatable bonds is 6. The topological polar surface area (TPSA) is 131 Å². The van der Waals surface area contributed by atoms with Crippen molar-refractivity contribution < 1.29 is 34.8 Å². The summed E-state index contributed by atoms with van der Waals surface area (Å²) in [5, 5.41) is 40.5. The van der Waals surface area contributed by atoms with E-state index in [1.54, 1.807) is 44.2 Å². The van der Waals surface area contributed by atoms with Crippen LogP contribution in [0.1, 0.15) is 36.6 Å². The quantitative estimate of drug-likeness (QED) is 0.440. The van der Waals surface area contributed by atoms with Crippen LogP contribution >= 0.6 is 11.6 Å². The summed E-state index contributed by atoms with van der Waals surface area (Å²) in [5.41, 5.74) is 2.82. The van der Waals surface area contributed by atoms with Crippen LogP contribution in [0.15, 0.2) is 42.5 Å². The molecule has 4 N–H and O–H groups in total. The minimum absolute atomic E-state index is 0.00330. The van der Waals surface area contributed by atoms with Crippen LogP contribution in [0.3, 0.4) is 0 Å². The summed E-state index contributed by atoms with van der Waals surface area (Å²) in [6.45, 7) is 3.09. The van der Waals surface area contributed by atoms with E-state index in [0.29, 0.717) is 22.7 Å². The first-order valence-electron chi connectivity index (χ1n) is 11.4. The molecule has 4 rings (SSSR count). The van der Waals surface area contributed by atoms with E-state index in [0.717, 1.165) is 11.1 Å². The molecule has 2 aromatic carbocycles. The van der Waals surface area contributed by atoms with Crippen LogP contribution in [0, 0.1) is 0 Å². The van der Waals surface area contributed by atoms with Crippen molar-refractivity contribution in [3.05, 3.63) is 64.2 Å². The van der Waals surface area contributed by atoms with E-state index in [9.17, 15) is 30.0 Å². The van der Waals surface area contributed by atoms with Gasteiger partial charge in [0.2, 0.25) is 0 Å². The standard InChI is InChI=1S/C25H29ClN2O7/c1-13(2)28-20(30)11-27(25(28)34)17-6-3-14(4-7-17)9-16-10-15(5-8-18(16)26)24-23(33)22(32)21(31)19(12-29)35-24/h3-8,10,13,19,21-24,29,31-33H,9,11-12H2,1-2H3/t19-,21-,22+,23-,24+/m1/s1. The molecular formula is C25H29ClN2O7. The van der Waals surface area contributed by atoms with Crippen LogP contribution in [0.4, 0.5) is 10.5 Å². The predicted octanol–water partition coefficient (Wildman–Crippen LogP) is 1.62. The Bertz CT molecular complexity index is 1090. The molecule has 10 heteroatoms. The lowest BCUT2D eigenvalue weighted by Gasteiger charge is -2.40. The Hall–Kier alpha value is -2.53. The van der Waals surface area contributed by atoms with Gasteiger partial charge in [0.1, 0.15) is 37.1 Å². The van der Waals surface area contributed by atoms with Gasteiger partial charge < -0.3 is 25.2 Å². The first kappa shape index (κ1) is 25.6. The third-order valence-electron chi connectivity index (χ3n) is 6.45. The highest BCUT2D eigenvalue weighted by Crippen LogP contribution is 2.34. The smallest absolute Gasteiger partial charge is 0.331 e. The van der Waals surface area contributed by atoms with E-state index in [1.165, 1.54) is 9.80 Å². The summed E-state index contributed by atoms with van der Waals surface area (Å²) in [5.74, 6) is -0.231. The molecule has 2 fully saturated rings. The highest BCUT2D eigenvalue weighted by molar-refractivity contribution is 6.31. The van der Waals surface area contributed by atoms with Gasteiger partial charge in [-0.3, -0.25) is 14.6 Å². The third-order valence-corrected chi connectivity index (χ3v) is 6.82. The van der Waals surface area contributed by atoms with Crippen LogP contribution in [-0.2, 0) is 16.0 Å². The fourth-order valence-corrected chi connectivity index (χ4v) is 4.71. The second-order valence-corrected chi connectivity index (χ2v) is 9.58. The molecule has 0 saturated carbocycles. The Morgan fingerprint density at radius 2 is 1.71 bits per heavy atom. The van der Waals surface area contributed by atoms with Gasteiger partial charge in [0.05, 0.1) is 6.61 Å². The lowest BCUT2D eigenvalue weighted by molar-refractivity contribution is -0.231. The number of nitrogens with zero attached hydrogens (tertiary/aromatic N) is 2. The molecule has 0 aliphatic carbocycles. The molecule has 2 heterocycles. The normalized spacial score (nSPS) is 27.3. The van der Waals surface area contributed by atoms with E-state index in [-0.39, 0.29) is 24.5 Å². The zero-order valence-corrected chi connectivity index (χ0v) is 20.2. The number of amides is 3. The number of ether oxygens (including phenoxy) is 1. The van der Waals surface area contributed by atoms with Gasteiger partial charge in [-0.25, -0.2) is 4.79 Å². The van der Waals surface area contributed by atoms with Crippen molar-refractivity contribution in [3.8, 4) is 0 Å². The second kappa shape index (κ2) is 10.2. The van der Waals surface area contributed by atoms with Gasteiger partial charge in [-0.15, -0.1) is 0 Å². The number of carbonyl (C=O) groups excluding carboxylic acids is 2. The predicted molar refractivity (Wildman–Crippen MR) is 128 cm³/mol. The summed E-state index contributed by atoms with van der Waals surface area (Å²) in [6, 6.07) is 11.8. The molecule has 3 amide bonds. The van der Waals surface area contributed by atoms with Crippen molar-refractivity contribution in [3.63, 3.8) is 0 Å². The van der Waals surface area contributed by atoms with E-state index >= 15 is 0 Å². The molecule has 35 heavy (non-hydrogen) atoms. The number of anilines is 1. The number of urea groups is 1. The summed E-state index contributed by atoms with van der Waals surface area (Å²) in [7, 11) is 0. The van der Waals surface area contributed by atoms with Crippen molar-refractivity contribution >= 4 is 29.2 Å². The van der Waals surface area contributed by atoms with Crippen molar-refractivity contribution in [2.75, 3.05) is 18.1 Å². The molecule has 5 atom stereocenters. The van der Waals surface area contributed by atoms with Crippen LogP contribution in [-0.4, -0.2) is 80.9 Å². The maximum Gasteiger partial charge on any atom is 0.331 e. The second-order valence-electron chi connectivity index (χ2n) is 9.17. The fourth-order valence-electron chi connectivity index (χ4n) is 4.52. The molecule has 0 bridgehead atoms. The summed E-state index contributed by atoms with van der Waals surface area (Å²) >= 11 is 6.42. The summed E-state index contributed by atoms with van der Waals surface area (Å²) in [6.07, 6.45) is -5.79. The molecule has 188 valence electrons. The summed E-state index contributed by atoms with van der Waals surface area (Å²) in [4.78, 5) is 27.5. The molecule has 0 aromatic heterocycles. The van der Waals surface area contributed by atoms with Crippen LogP contribution in [0.5, 0.6) is 0 Å². The minimum Gasteiger partial charge on any atom is -0.394 e. The van der Waals surface area contributed by atoms with Crippen molar-refractivity contribution in [2.45, 2.75) is 56.8 Å². The molecule has 0 spiro atoms. The van der Waals surface area contributed by atoms with E-state index in [4.69, 9.17) is 16.3 Å². The van der Waals surface area contributed by atoms with E-state index in [2.05, 4.69) is 0 Å². The zero-order valence-electron chi connectivity index (χ0n) is 19.4. The maximum absolute atomic E-state index is 12.6. The zero-order chi connectivity index (χ0) is 25.4.